The van der Waals surface area contributed by atoms with Gasteiger partial charge in [0.2, 0.25) is 0 Å². The third kappa shape index (κ3) is 5.17. The molecule has 0 aliphatic heterocycles. The highest BCUT2D eigenvalue weighted by Gasteiger charge is 2.02. The van der Waals surface area contributed by atoms with E-state index in [0.29, 0.717) is 12.4 Å². The van der Waals surface area contributed by atoms with Gasteiger partial charge in [-0.25, -0.2) is 4.39 Å². The van der Waals surface area contributed by atoms with E-state index in [4.69, 9.17) is 9.84 Å². The van der Waals surface area contributed by atoms with Gasteiger partial charge in [-0.05, 0) is 32.6 Å². The summed E-state index contributed by atoms with van der Waals surface area (Å²) < 4.78 is 19.0. The molecule has 0 aliphatic carbocycles. The first-order chi connectivity index (χ1) is 8.63. The van der Waals surface area contributed by atoms with Gasteiger partial charge in [0.15, 0.2) is 0 Å². The second-order valence-corrected chi connectivity index (χ2v) is 4.11. The average molecular weight is 251 g/mol. The van der Waals surface area contributed by atoms with E-state index in [9.17, 15) is 4.39 Å². The fourth-order valence-electron chi connectivity index (χ4n) is 1.39. The molecule has 4 heteroatoms. The SMILES string of the molecule is CN(C)CCCOc1ccc(C#CCO)c(F)c1. The Kier molecular flexibility index (Phi) is 6.20. The van der Waals surface area contributed by atoms with Crippen LogP contribution in [0.3, 0.4) is 0 Å². The predicted octanol–water partition coefficient (Wildman–Crippen LogP) is 1.50. The molecule has 0 fully saturated rings. The molecule has 0 saturated carbocycles. The Hall–Kier alpha value is -1.57. The molecule has 0 spiro atoms. The molecule has 0 amide bonds. The molecule has 0 bridgehead atoms. The predicted molar refractivity (Wildman–Crippen MR) is 69.0 cm³/mol. The van der Waals surface area contributed by atoms with E-state index in [-0.39, 0.29) is 12.2 Å². The van der Waals surface area contributed by atoms with Crippen LogP contribution in [0.15, 0.2) is 18.2 Å². The molecule has 1 aromatic rings. The molecule has 0 heterocycles. The Morgan fingerprint density at radius 2 is 2.17 bits per heavy atom. The van der Waals surface area contributed by atoms with Crippen LogP contribution in [0.1, 0.15) is 12.0 Å². The number of hydrogen-bond acceptors (Lipinski definition) is 3. The molecule has 98 valence electrons. The summed E-state index contributed by atoms with van der Waals surface area (Å²) in [4.78, 5) is 2.07. The fourth-order valence-corrected chi connectivity index (χ4v) is 1.39. The van der Waals surface area contributed by atoms with Crippen molar-refractivity contribution in [3.8, 4) is 17.6 Å². The Bertz CT molecular complexity index is 435. The van der Waals surface area contributed by atoms with E-state index in [0.717, 1.165) is 13.0 Å². The van der Waals surface area contributed by atoms with Gasteiger partial charge in [-0.1, -0.05) is 11.8 Å². The van der Waals surface area contributed by atoms with Gasteiger partial charge < -0.3 is 14.7 Å². The van der Waals surface area contributed by atoms with Crippen molar-refractivity contribution in [2.45, 2.75) is 6.42 Å². The average Bonchev–Trinajstić information content (AvgIpc) is 2.33. The molecule has 1 aromatic carbocycles. The quantitative estimate of drug-likeness (QED) is 0.636. The standard InChI is InChI=1S/C14H18FNO2/c1-16(2)8-4-10-18-13-7-6-12(5-3-9-17)14(15)11-13/h6-7,11,17H,4,8-10H2,1-2H3. The van der Waals surface area contributed by atoms with Gasteiger partial charge in [0.05, 0.1) is 12.2 Å². The molecule has 0 radical (unpaired) electrons. The minimum Gasteiger partial charge on any atom is -0.493 e. The van der Waals surface area contributed by atoms with Gasteiger partial charge in [-0.3, -0.25) is 0 Å². The molecule has 0 atom stereocenters. The van der Waals surface area contributed by atoms with Gasteiger partial charge >= 0.3 is 0 Å². The summed E-state index contributed by atoms with van der Waals surface area (Å²) in [5, 5.41) is 8.54. The molecule has 3 nitrogen and oxygen atoms in total. The molecular weight excluding hydrogens is 233 g/mol. The van der Waals surface area contributed by atoms with Crippen molar-refractivity contribution in [3.05, 3.63) is 29.6 Å². The van der Waals surface area contributed by atoms with Crippen molar-refractivity contribution < 1.29 is 14.2 Å². The van der Waals surface area contributed by atoms with E-state index in [1.165, 1.54) is 6.07 Å². The third-order valence-electron chi connectivity index (χ3n) is 2.26. The van der Waals surface area contributed by atoms with Crippen molar-refractivity contribution in [2.24, 2.45) is 0 Å². The number of aliphatic hydroxyl groups excluding tert-OH is 1. The molecular formula is C14H18FNO2. The molecule has 1 rings (SSSR count). The van der Waals surface area contributed by atoms with Crippen LogP contribution in [0.25, 0.3) is 0 Å². The van der Waals surface area contributed by atoms with Crippen LogP contribution in [0.4, 0.5) is 4.39 Å². The highest BCUT2D eigenvalue weighted by atomic mass is 19.1. The number of rotatable bonds is 5. The molecule has 0 aliphatic rings. The summed E-state index contributed by atoms with van der Waals surface area (Å²) in [6.07, 6.45) is 0.890. The summed E-state index contributed by atoms with van der Waals surface area (Å²) >= 11 is 0. The number of nitrogens with zero attached hydrogens (tertiary/aromatic N) is 1. The maximum absolute atomic E-state index is 13.5. The summed E-state index contributed by atoms with van der Waals surface area (Å²) in [6.45, 7) is 1.21. The van der Waals surface area contributed by atoms with Crippen molar-refractivity contribution in [3.63, 3.8) is 0 Å². The Morgan fingerprint density at radius 3 is 2.78 bits per heavy atom. The number of hydrogen-bond donors (Lipinski definition) is 1. The fraction of sp³-hybridized carbons (Fsp3) is 0.429. The highest BCUT2D eigenvalue weighted by molar-refractivity contribution is 5.39. The van der Waals surface area contributed by atoms with Crippen LogP contribution < -0.4 is 4.74 Å². The lowest BCUT2D eigenvalue weighted by atomic mass is 10.2. The van der Waals surface area contributed by atoms with Crippen molar-refractivity contribution >= 4 is 0 Å². The number of benzene rings is 1. The van der Waals surface area contributed by atoms with Crippen molar-refractivity contribution in [1.29, 1.82) is 0 Å². The molecule has 0 aromatic heterocycles. The lowest BCUT2D eigenvalue weighted by molar-refractivity contribution is 0.280. The number of aliphatic hydroxyl groups is 1. The summed E-state index contributed by atoms with van der Waals surface area (Å²) in [5.41, 5.74) is 0.268. The van der Waals surface area contributed by atoms with E-state index in [1.54, 1.807) is 12.1 Å². The first-order valence-corrected chi connectivity index (χ1v) is 5.80. The molecule has 0 unspecified atom stereocenters. The highest BCUT2D eigenvalue weighted by Crippen LogP contribution is 2.16. The summed E-state index contributed by atoms with van der Waals surface area (Å²) in [5.74, 6) is 5.01. The van der Waals surface area contributed by atoms with E-state index < -0.39 is 5.82 Å². The zero-order chi connectivity index (χ0) is 13.4. The van der Waals surface area contributed by atoms with Crippen LogP contribution in [0, 0.1) is 17.7 Å². The third-order valence-corrected chi connectivity index (χ3v) is 2.26. The monoisotopic (exact) mass is 251 g/mol. The van der Waals surface area contributed by atoms with Gasteiger partial charge in [-0.15, -0.1) is 0 Å². The van der Waals surface area contributed by atoms with Crippen molar-refractivity contribution in [1.82, 2.24) is 4.90 Å². The van der Waals surface area contributed by atoms with Gasteiger partial charge in [0, 0.05) is 12.6 Å². The van der Waals surface area contributed by atoms with Crippen LogP contribution in [0.5, 0.6) is 5.75 Å². The zero-order valence-electron chi connectivity index (χ0n) is 10.7. The van der Waals surface area contributed by atoms with Gasteiger partial charge in [0.25, 0.3) is 0 Å². The Morgan fingerprint density at radius 1 is 1.39 bits per heavy atom. The Labute approximate surface area is 107 Å². The van der Waals surface area contributed by atoms with Crippen LogP contribution in [-0.4, -0.2) is 43.9 Å². The minimum atomic E-state index is -0.430. The van der Waals surface area contributed by atoms with Gasteiger partial charge in [-0.2, -0.15) is 0 Å². The molecule has 18 heavy (non-hydrogen) atoms. The maximum Gasteiger partial charge on any atom is 0.142 e. The van der Waals surface area contributed by atoms with Crippen LogP contribution in [0.2, 0.25) is 0 Å². The Balaban J connectivity index is 2.51. The molecule has 0 saturated heterocycles. The van der Waals surface area contributed by atoms with E-state index in [2.05, 4.69) is 16.7 Å². The second kappa shape index (κ2) is 7.70. The number of ether oxygens (including phenoxy) is 1. The van der Waals surface area contributed by atoms with E-state index >= 15 is 0 Å². The topological polar surface area (TPSA) is 32.7 Å². The van der Waals surface area contributed by atoms with Crippen LogP contribution >= 0.6 is 0 Å². The van der Waals surface area contributed by atoms with E-state index in [1.807, 2.05) is 14.1 Å². The number of halogens is 1. The smallest absolute Gasteiger partial charge is 0.142 e. The van der Waals surface area contributed by atoms with Crippen molar-refractivity contribution in [2.75, 3.05) is 33.9 Å². The maximum atomic E-state index is 13.5. The first-order valence-electron chi connectivity index (χ1n) is 5.80. The first kappa shape index (κ1) is 14.5. The normalized spacial score (nSPS) is 10.1. The second-order valence-electron chi connectivity index (χ2n) is 4.11. The summed E-state index contributed by atoms with van der Waals surface area (Å²) in [6, 6.07) is 4.55. The van der Waals surface area contributed by atoms with Crippen LogP contribution in [-0.2, 0) is 0 Å². The summed E-state index contributed by atoms with van der Waals surface area (Å²) in [7, 11) is 3.99. The minimum absolute atomic E-state index is 0.268. The van der Waals surface area contributed by atoms with Gasteiger partial charge in [0.1, 0.15) is 18.2 Å². The largest absolute Gasteiger partial charge is 0.493 e. The lowest BCUT2D eigenvalue weighted by Crippen LogP contribution is -2.15. The zero-order valence-corrected chi connectivity index (χ0v) is 10.7. The lowest BCUT2D eigenvalue weighted by Gasteiger charge is -2.10. The molecule has 1 N–H and O–H groups in total.